The van der Waals surface area contributed by atoms with Gasteiger partial charge >= 0.3 is 0 Å². The van der Waals surface area contributed by atoms with Crippen LogP contribution in [-0.4, -0.2) is 29.0 Å². The Morgan fingerprint density at radius 3 is 2.91 bits per heavy atom. The third-order valence-corrected chi connectivity index (χ3v) is 3.20. The van der Waals surface area contributed by atoms with Gasteiger partial charge in [0.1, 0.15) is 11.4 Å². The molecule has 116 valence electrons. The second-order valence-electron chi connectivity index (χ2n) is 4.91. The molecule has 0 saturated heterocycles. The number of ether oxygens (including phenoxy) is 1. The van der Waals surface area contributed by atoms with E-state index < -0.39 is 0 Å². The summed E-state index contributed by atoms with van der Waals surface area (Å²) in [6, 6.07) is 9.11. The number of carbonyl (C=O) groups is 1. The molecule has 0 fully saturated rings. The number of hydrogen-bond acceptors (Lipinski definition) is 5. The van der Waals surface area contributed by atoms with E-state index in [1.165, 1.54) is 0 Å². The van der Waals surface area contributed by atoms with Crippen LogP contribution in [0.15, 0.2) is 36.5 Å². The van der Waals surface area contributed by atoms with E-state index in [-0.39, 0.29) is 11.9 Å². The lowest BCUT2D eigenvalue weighted by Crippen LogP contribution is -2.32. The van der Waals surface area contributed by atoms with E-state index in [1.54, 1.807) is 19.4 Å². The number of anilines is 2. The van der Waals surface area contributed by atoms with Crippen molar-refractivity contribution in [3.63, 3.8) is 0 Å². The summed E-state index contributed by atoms with van der Waals surface area (Å²) in [4.78, 5) is 20.4. The highest BCUT2D eigenvalue weighted by Crippen LogP contribution is 2.19. The van der Waals surface area contributed by atoms with Crippen molar-refractivity contribution in [1.29, 1.82) is 0 Å². The molecule has 1 unspecified atom stereocenters. The predicted molar refractivity (Wildman–Crippen MR) is 85.5 cm³/mol. The molecule has 1 aromatic heterocycles. The van der Waals surface area contributed by atoms with Crippen molar-refractivity contribution in [2.45, 2.75) is 26.3 Å². The number of amides is 1. The molecule has 2 N–H and O–H groups in total. The molecule has 1 amide bonds. The van der Waals surface area contributed by atoms with Crippen molar-refractivity contribution in [2.24, 2.45) is 0 Å². The van der Waals surface area contributed by atoms with E-state index in [2.05, 4.69) is 20.6 Å². The zero-order valence-corrected chi connectivity index (χ0v) is 13.0. The maximum atomic E-state index is 12.1. The van der Waals surface area contributed by atoms with Crippen LogP contribution in [-0.2, 0) is 0 Å². The number of methoxy groups -OCH3 is 1. The first-order chi connectivity index (χ1) is 10.6. The third kappa shape index (κ3) is 4.18. The van der Waals surface area contributed by atoms with Crippen LogP contribution < -0.4 is 15.4 Å². The minimum Gasteiger partial charge on any atom is -0.497 e. The fourth-order valence-electron chi connectivity index (χ4n) is 1.78. The highest BCUT2D eigenvalue weighted by Gasteiger charge is 2.11. The summed E-state index contributed by atoms with van der Waals surface area (Å²) in [5.41, 5.74) is 1.12. The Balaban J connectivity index is 2.12. The Morgan fingerprint density at radius 2 is 2.18 bits per heavy atom. The minimum absolute atomic E-state index is 0.109. The molecular weight excluding hydrogens is 280 g/mol. The van der Waals surface area contributed by atoms with Gasteiger partial charge in [-0.15, -0.1) is 0 Å². The van der Waals surface area contributed by atoms with Crippen LogP contribution in [0.25, 0.3) is 0 Å². The van der Waals surface area contributed by atoms with Gasteiger partial charge in [-0.2, -0.15) is 0 Å². The zero-order chi connectivity index (χ0) is 15.9. The lowest BCUT2D eigenvalue weighted by Gasteiger charge is -2.11. The van der Waals surface area contributed by atoms with Crippen LogP contribution in [0.3, 0.4) is 0 Å². The van der Waals surface area contributed by atoms with Crippen molar-refractivity contribution in [3.05, 3.63) is 42.2 Å². The van der Waals surface area contributed by atoms with Crippen molar-refractivity contribution < 1.29 is 9.53 Å². The number of benzene rings is 1. The largest absolute Gasteiger partial charge is 0.497 e. The number of nitrogens with one attached hydrogen (secondary N) is 2. The number of nitrogens with zero attached hydrogens (tertiary/aromatic N) is 2. The third-order valence-electron chi connectivity index (χ3n) is 3.20. The van der Waals surface area contributed by atoms with Crippen LogP contribution in [0.2, 0.25) is 0 Å². The molecule has 1 heterocycles. The average molecular weight is 300 g/mol. The summed E-state index contributed by atoms with van der Waals surface area (Å²) in [5, 5.41) is 5.94. The lowest BCUT2D eigenvalue weighted by molar-refractivity contribution is 0.0934. The van der Waals surface area contributed by atoms with E-state index >= 15 is 0 Å². The molecule has 6 heteroatoms. The summed E-state index contributed by atoms with van der Waals surface area (Å²) in [6.45, 7) is 3.97. The van der Waals surface area contributed by atoms with Crippen molar-refractivity contribution in [1.82, 2.24) is 15.3 Å². The van der Waals surface area contributed by atoms with Gasteiger partial charge in [0.2, 0.25) is 5.95 Å². The molecule has 2 aromatic rings. The molecule has 0 radical (unpaired) electrons. The smallest absolute Gasteiger partial charge is 0.270 e. The summed E-state index contributed by atoms with van der Waals surface area (Å²) < 4.78 is 5.17. The monoisotopic (exact) mass is 300 g/mol. The van der Waals surface area contributed by atoms with Gasteiger partial charge in [0.15, 0.2) is 0 Å². The molecule has 0 aliphatic rings. The highest BCUT2D eigenvalue weighted by atomic mass is 16.5. The molecular formula is C16H20N4O2. The van der Waals surface area contributed by atoms with Crippen molar-refractivity contribution in [2.75, 3.05) is 12.4 Å². The van der Waals surface area contributed by atoms with Gasteiger partial charge in [-0.1, -0.05) is 13.0 Å². The van der Waals surface area contributed by atoms with Crippen LogP contribution in [0, 0.1) is 0 Å². The maximum Gasteiger partial charge on any atom is 0.270 e. The normalized spacial score (nSPS) is 11.6. The van der Waals surface area contributed by atoms with Crippen LogP contribution in [0.1, 0.15) is 30.8 Å². The first-order valence-corrected chi connectivity index (χ1v) is 7.17. The van der Waals surface area contributed by atoms with Gasteiger partial charge in [0.25, 0.3) is 5.91 Å². The molecule has 0 saturated carbocycles. The molecule has 2 rings (SSSR count). The Morgan fingerprint density at radius 1 is 1.36 bits per heavy atom. The maximum absolute atomic E-state index is 12.1. The molecule has 0 aliphatic carbocycles. The highest BCUT2D eigenvalue weighted by molar-refractivity contribution is 5.92. The average Bonchev–Trinajstić information content (AvgIpc) is 2.55. The van der Waals surface area contributed by atoms with E-state index in [0.717, 1.165) is 17.9 Å². The van der Waals surface area contributed by atoms with Crippen LogP contribution >= 0.6 is 0 Å². The van der Waals surface area contributed by atoms with Crippen LogP contribution in [0.4, 0.5) is 11.6 Å². The number of rotatable bonds is 6. The Hall–Kier alpha value is -2.63. The van der Waals surface area contributed by atoms with E-state index in [1.807, 2.05) is 38.1 Å². The van der Waals surface area contributed by atoms with E-state index in [0.29, 0.717) is 11.6 Å². The van der Waals surface area contributed by atoms with Crippen molar-refractivity contribution in [3.8, 4) is 5.75 Å². The topological polar surface area (TPSA) is 76.1 Å². The first kappa shape index (κ1) is 15.8. The molecule has 6 nitrogen and oxygen atoms in total. The Bertz CT molecular complexity index is 646. The zero-order valence-electron chi connectivity index (χ0n) is 13.0. The number of carbonyl (C=O) groups excluding carboxylic acids is 1. The fourth-order valence-corrected chi connectivity index (χ4v) is 1.78. The molecule has 1 atom stereocenters. The van der Waals surface area contributed by atoms with E-state index in [9.17, 15) is 4.79 Å². The molecule has 0 spiro atoms. The quantitative estimate of drug-likeness (QED) is 0.858. The fraction of sp³-hybridized carbons (Fsp3) is 0.312. The number of aromatic nitrogens is 2. The SMILES string of the molecule is CCC(C)NC(=O)c1ccnc(Nc2cccc(OC)c2)n1. The molecule has 22 heavy (non-hydrogen) atoms. The second-order valence-corrected chi connectivity index (χ2v) is 4.91. The van der Waals surface area contributed by atoms with Gasteiger partial charge in [-0.05, 0) is 31.5 Å². The van der Waals surface area contributed by atoms with Gasteiger partial charge < -0.3 is 15.4 Å². The lowest BCUT2D eigenvalue weighted by atomic mass is 10.2. The van der Waals surface area contributed by atoms with Gasteiger partial charge in [-0.25, -0.2) is 9.97 Å². The Labute approximate surface area is 129 Å². The summed E-state index contributed by atoms with van der Waals surface area (Å²) in [7, 11) is 1.61. The first-order valence-electron chi connectivity index (χ1n) is 7.17. The predicted octanol–water partition coefficient (Wildman–Crippen LogP) is 2.76. The van der Waals surface area contributed by atoms with E-state index in [4.69, 9.17) is 4.74 Å². The molecule has 0 bridgehead atoms. The molecule has 1 aromatic carbocycles. The molecule has 0 aliphatic heterocycles. The minimum atomic E-state index is -0.203. The van der Waals surface area contributed by atoms with Gasteiger partial charge in [0.05, 0.1) is 7.11 Å². The summed E-state index contributed by atoms with van der Waals surface area (Å²) >= 11 is 0. The van der Waals surface area contributed by atoms with Gasteiger partial charge in [0, 0.05) is 24.0 Å². The summed E-state index contributed by atoms with van der Waals surface area (Å²) in [5.74, 6) is 0.895. The van der Waals surface area contributed by atoms with Crippen LogP contribution in [0.5, 0.6) is 5.75 Å². The number of hydrogen-bond donors (Lipinski definition) is 2. The van der Waals surface area contributed by atoms with Gasteiger partial charge in [-0.3, -0.25) is 4.79 Å². The Kier molecular flexibility index (Phi) is 5.30. The second kappa shape index (κ2) is 7.40. The summed E-state index contributed by atoms with van der Waals surface area (Å²) in [6.07, 6.45) is 2.42. The standard InChI is InChI=1S/C16H20N4O2/c1-4-11(2)18-15(21)14-8-9-17-16(20-14)19-12-6-5-7-13(10-12)22-3/h5-11H,4H2,1-3H3,(H,18,21)(H,17,19,20). The van der Waals surface area contributed by atoms with Crippen molar-refractivity contribution >= 4 is 17.5 Å².